The summed E-state index contributed by atoms with van der Waals surface area (Å²) in [7, 11) is 0. The molecule has 0 aliphatic rings. The molecule has 0 radical (unpaired) electrons. The van der Waals surface area contributed by atoms with Crippen molar-refractivity contribution in [3.05, 3.63) is 58.5 Å². The second kappa shape index (κ2) is 7.78. The lowest BCUT2D eigenvalue weighted by molar-refractivity contribution is 0.157. The van der Waals surface area contributed by atoms with Gasteiger partial charge in [0.05, 0.1) is 18.8 Å². The standard InChI is InChI=1S/C17H23BrN2O/c1-3-16(19)17(13-7-5-8-14(18)11-13)20(4-2)12-15-9-6-10-21-15/h5-11,16-17H,3-4,12,19H2,1-2H3. The zero-order valence-corrected chi connectivity index (χ0v) is 14.2. The quantitative estimate of drug-likeness (QED) is 0.807. The van der Waals surface area contributed by atoms with Gasteiger partial charge >= 0.3 is 0 Å². The van der Waals surface area contributed by atoms with Crippen molar-refractivity contribution in [2.24, 2.45) is 5.73 Å². The van der Waals surface area contributed by atoms with E-state index in [0.29, 0.717) is 0 Å². The van der Waals surface area contributed by atoms with Crippen molar-refractivity contribution in [3.63, 3.8) is 0 Å². The van der Waals surface area contributed by atoms with Crippen LogP contribution in [0.2, 0.25) is 0 Å². The van der Waals surface area contributed by atoms with Gasteiger partial charge in [-0.15, -0.1) is 0 Å². The summed E-state index contributed by atoms with van der Waals surface area (Å²) in [6.45, 7) is 5.99. The van der Waals surface area contributed by atoms with Gasteiger partial charge in [-0.2, -0.15) is 0 Å². The van der Waals surface area contributed by atoms with Crippen molar-refractivity contribution < 1.29 is 4.42 Å². The molecule has 21 heavy (non-hydrogen) atoms. The molecular weight excluding hydrogens is 328 g/mol. The zero-order valence-electron chi connectivity index (χ0n) is 12.6. The van der Waals surface area contributed by atoms with Crippen LogP contribution in [0.25, 0.3) is 0 Å². The molecule has 0 saturated carbocycles. The van der Waals surface area contributed by atoms with Crippen LogP contribution in [-0.4, -0.2) is 17.5 Å². The van der Waals surface area contributed by atoms with Gasteiger partial charge in [0.25, 0.3) is 0 Å². The maximum absolute atomic E-state index is 6.42. The Hall–Kier alpha value is -1.10. The minimum atomic E-state index is 0.0919. The molecule has 2 unspecified atom stereocenters. The average Bonchev–Trinajstić information content (AvgIpc) is 2.99. The Labute approximate surface area is 135 Å². The number of nitrogens with zero attached hydrogens (tertiary/aromatic N) is 1. The Balaban J connectivity index is 2.29. The number of furan rings is 1. The molecule has 0 fully saturated rings. The van der Waals surface area contributed by atoms with Crippen molar-refractivity contribution in [1.29, 1.82) is 0 Å². The molecule has 0 spiro atoms. The first kappa shape index (κ1) is 16.3. The molecule has 1 aromatic heterocycles. The fourth-order valence-corrected chi connectivity index (χ4v) is 3.07. The number of benzene rings is 1. The van der Waals surface area contributed by atoms with E-state index < -0.39 is 0 Å². The Morgan fingerprint density at radius 2 is 2.05 bits per heavy atom. The second-order valence-electron chi connectivity index (χ2n) is 5.21. The highest BCUT2D eigenvalue weighted by molar-refractivity contribution is 9.10. The zero-order chi connectivity index (χ0) is 15.2. The molecule has 2 rings (SSSR count). The van der Waals surface area contributed by atoms with Crippen molar-refractivity contribution >= 4 is 15.9 Å². The van der Waals surface area contributed by atoms with E-state index in [1.165, 1.54) is 5.56 Å². The van der Waals surface area contributed by atoms with Crippen molar-refractivity contribution in [3.8, 4) is 0 Å². The number of nitrogens with two attached hydrogens (primary N) is 1. The average molecular weight is 351 g/mol. The third kappa shape index (κ3) is 4.19. The van der Waals surface area contributed by atoms with Crippen LogP contribution < -0.4 is 5.73 Å². The first-order valence-corrected chi connectivity index (χ1v) is 8.22. The van der Waals surface area contributed by atoms with Gasteiger partial charge in [0, 0.05) is 10.5 Å². The van der Waals surface area contributed by atoms with E-state index in [2.05, 4.69) is 52.9 Å². The molecule has 4 heteroatoms. The SMILES string of the molecule is CCC(N)C(c1cccc(Br)c1)N(CC)Cc1ccco1. The van der Waals surface area contributed by atoms with E-state index in [4.69, 9.17) is 10.2 Å². The Kier molecular flexibility index (Phi) is 6.03. The summed E-state index contributed by atoms with van der Waals surface area (Å²) in [6.07, 6.45) is 2.66. The molecule has 2 aromatic rings. The van der Waals surface area contributed by atoms with Crippen LogP contribution in [0, 0.1) is 0 Å². The van der Waals surface area contributed by atoms with Gasteiger partial charge in [0.15, 0.2) is 0 Å². The number of halogens is 1. The summed E-state index contributed by atoms with van der Waals surface area (Å²) < 4.78 is 6.58. The summed E-state index contributed by atoms with van der Waals surface area (Å²) in [4.78, 5) is 2.37. The van der Waals surface area contributed by atoms with Gasteiger partial charge in [-0.25, -0.2) is 0 Å². The molecule has 0 aliphatic carbocycles. The highest BCUT2D eigenvalue weighted by Gasteiger charge is 2.25. The first-order chi connectivity index (χ1) is 10.2. The summed E-state index contributed by atoms with van der Waals surface area (Å²) in [5.74, 6) is 0.972. The number of likely N-dealkylation sites (N-methyl/N-ethyl adjacent to an activating group) is 1. The van der Waals surface area contributed by atoms with E-state index in [9.17, 15) is 0 Å². The summed E-state index contributed by atoms with van der Waals surface area (Å²) in [5, 5.41) is 0. The summed E-state index contributed by atoms with van der Waals surface area (Å²) in [6, 6.07) is 12.6. The molecule has 1 aromatic carbocycles. The fraction of sp³-hybridized carbons (Fsp3) is 0.412. The van der Waals surface area contributed by atoms with Crippen molar-refractivity contribution in [2.75, 3.05) is 6.54 Å². The fourth-order valence-electron chi connectivity index (χ4n) is 2.65. The highest BCUT2D eigenvalue weighted by atomic mass is 79.9. The van der Waals surface area contributed by atoms with Crippen LogP contribution in [0.5, 0.6) is 0 Å². The summed E-state index contributed by atoms with van der Waals surface area (Å²) >= 11 is 3.56. The molecule has 2 N–H and O–H groups in total. The number of hydrogen-bond acceptors (Lipinski definition) is 3. The van der Waals surface area contributed by atoms with Crippen LogP contribution in [0.4, 0.5) is 0 Å². The largest absolute Gasteiger partial charge is 0.468 e. The Morgan fingerprint density at radius 3 is 2.62 bits per heavy atom. The van der Waals surface area contributed by atoms with Crippen molar-refractivity contribution in [1.82, 2.24) is 4.90 Å². The monoisotopic (exact) mass is 350 g/mol. The smallest absolute Gasteiger partial charge is 0.117 e. The predicted octanol–water partition coefficient (Wildman–Crippen LogP) is 4.34. The van der Waals surface area contributed by atoms with Gasteiger partial charge < -0.3 is 10.2 Å². The van der Waals surface area contributed by atoms with Gasteiger partial charge in [-0.05, 0) is 42.8 Å². The highest BCUT2D eigenvalue weighted by Crippen LogP contribution is 2.28. The topological polar surface area (TPSA) is 42.4 Å². The van der Waals surface area contributed by atoms with Crippen molar-refractivity contribution in [2.45, 2.75) is 38.9 Å². The molecule has 0 bridgehead atoms. The van der Waals surface area contributed by atoms with Gasteiger partial charge in [-0.3, -0.25) is 4.90 Å². The third-order valence-corrected chi connectivity index (χ3v) is 4.30. The molecule has 114 valence electrons. The summed E-state index contributed by atoms with van der Waals surface area (Å²) in [5.41, 5.74) is 7.66. The molecular formula is C17H23BrN2O. The first-order valence-electron chi connectivity index (χ1n) is 7.43. The van der Waals surface area contributed by atoms with Crippen LogP contribution >= 0.6 is 15.9 Å². The van der Waals surface area contributed by atoms with E-state index in [1.807, 2.05) is 18.2 Å². The van der Waals surface area contributed by atoms with Gasteiger partial charge in [-0.1, -0.05) is 41.9 Å². The van der Waals surface area contributed by atoms with Gasteiger partial charge in [0.1, 0.15) is 5.76 Å². The number of hydrogen-bond donors (Lipinski definition) is 1. The van der Waals surface area contributed by atoms with Crippen LogP contribution in [0.15, 0.2) is 51.6 Å². The third-order valence-electron chi connectivity index (χ3n) is 3.81. The van der Waals surface area contributed by atoms with E-state index in [1.54, 1.807) is 6.26 Å². The van der Waals surface area contributed by atoms with Gasteiger partial charge in [0.2, 0.25) is 0 Å². The lowest BCUT2D eigenvalue weighted by Crippen LogP contribution is -2.40. The Morgan fingerprint density at radius 1 is 1.24 bits per heavy atom. The van der Waals surface area contributed by atoms with E-state index >= 15 is 0 Å². The Bertz CT molecular complexity index is 541. The lowest BCUT2D eigenvalue weighted by Gasteiger charge is -2.34. The maximum Gasteiger partial charge on any atom is 0.117 e. The molecule has 1 heterocycles. The molecule has 0 aliphatic heterocycles. The minimum Gasteiger partial charge on any atom is -0.468 e. The van der Waals surface area contributed by atoms with Crippen LogP contribution in [0.3, 0.4) is 0 Å². The maximum atomic E-state index is 6.42. The van der Waals surface area contributed by atoms with E-state index in [0.717, 1.165) is 29.7 Å². The normalized spacial score (nSPS) is 14.3. The second-order valence-corrected chi connectivity index (χ2v) is 6.13. The number of rotatable bonds is 7. The molecule has 3 nitrogen and oxygen atoms in total. The van der Waals surface area contributed by atoms with Crippen LogP contribution in [0.1, 0.15) is 37.6 Å². The molecule has 0 amide bonds. The lowest BCUT2D eigenvalue weighted by atomic mass is 9.96. The predicted molar refractivity (Wildman–Crippen MR) is 89.9 cm³/mol. The molecule has 2 atom stereocenters. The molecule has 0 saturated heterocycles. The van der Waals surface area contributed by atoms with Crippen LogP contribution in [-0.2, 0) is 6.54 Å². The minimum absolute atomic E-state index is 0.0919. The van der Waals surface area contributed by atoms with E-state index in [-0.39, 0.29) is 12.1 Å².